The predicted molar refractivity (Wildman–Crippen MR) is 55.0 cm³/mol. The SMILES string of the molecule is CCn1ccnc1-c1cc(F)ccc1O. The Bertz CT molecular complexity index is 479. The summed E-state index contributed by atoms with van der Waals surface area (Å²) in [5, 5.41) is 9.61. The zero-order valence-corrected chi connectivity index (χ0v) is 8.31. The lowest BCUT2D eigenvalue weighted by Crippen LogP contribution is -1.96. The van der Waals surface area contributed by atoms with E-state index in [2.05, 4.69) is 4.98 Å². The summed E-state index contributed by atoms with van der Waals surface area (Å²) >= 11 is 0. The average molecular weight is 206 g/mol. The maximum absolute atomic E-state index is 13.0. The van der Waals surface area contributed by atoms with Gasteiger partial charge in [0, 0.05) is 18.9 Å². The predicted octanol–water partition coefficient (Wildman–Crippen LogP) is 2.41. The van der Waals surface area contributed by atoms with Crippen LogP contribution in [0.15, 0.2) is 30.6 Å². The van der Waals surface area contributed by atoms with Gasteiger partial charge >= 0.3 is 0 Å². The van der Waals surface area contributed by atoms with Gasteiger partial charge in [-0.05, 0) is 25.1 Å². The molecule has 0 aliphatic heterocycles. The van der Waals surface area contributed by atoms with Gasteiger partial charge in [0.2, 0.25) is 0 Å². The summed E-state index contributed by atoms with van der Waals surface area (Å²) in [6, 6.07) is 3.83. The van der Waals surface area contributed by atoms with Gasteiger partial charge in [0.1, 0.15) is 17.4 Å². The number of imidazole rings is 1. The number of hydrogen-bond acceptors (Lipinski definition) is 2. The number of halogens is 1. The monoisotopic (exact) mass is 206 g/mol. The van der Waals surface area contributed by atoms with Crippen molar-refractivity contribution in [2.75, 3.05) is 0 Å². The first-order chi connectivity index (χ1) is 7.22. The molecule has 0 aliphatic rings. The highest BCUT2D eigenvalue weighted by Crippen LogP contribution is 2.28. The van der Waals surface area contributed by atoms with Gasteiger partial charge in [0.05, 0.1) is 5.56 Å². The molecule has 0 spiro atoms. The molecule has 1 N–H and O–H groups in total. The van der Waals surface area contributed by atoms with Gasteiger partial charge in [-0.2, -0.15) is 0 Å². The summed E-state index contributed by atoms with van der Waals surface area (Å²) in [7, 11) is 0. The van der Waals surface area contributed by atoms with Crippen LogP contribution in [0.4, 0.5) is 4.39 Å². The van der Waals surface area contributed by atoms with Crippen molar-refractivity contribution < 1.29 is 9.50 Å². The van der Waals surface area contributed by atoms with Crippen LogP contribution in [0.25, 0.3) is 11.4 Å². The Morgan fingerprint density at radius 3 is 3.00 bits per heavy atom. The third-order valence-corrected chi connectivity index (χ3v) is 2.26. The Hall–Kier alpha value is -1.84. The molecule has 0 saturated carbocycles. The van der Waals surface area contributed by atoms with Crippen LogP contribution >= 0.6 is 0 Å². The normalized spacial score (nSPS) is 10.5. The molecule has 1 aromatic carbocycles. The van der Waals surface area contributed by atoms with Crippen LogP contribution in [0.5, 0.6) is 5.75 Å². The molecule has 0 aliphatic carbocycles. The molecule has 0 fully saturated rings. The van der Waals surface area contributed by atoms with Crippen LogP contribution in [-0.4, -0.2) is 14.7 Å². The summed E-state index contributed by atoms with van der Waals surface area (Å²) in [5.74, 6) is 0.236. The molecule has 78 valence electrons. The van der Waals surface area contributed by atoms with E-state index < -0.39 is 0 Å². The van der Waals surface area contributed by atoms with Crippen molar-refractivity contribution in [3.8, 4) is 17.1 Å². The number of rotatable bonds is 2. The maximum atomic E-state index is 13.0. The van der Waals surface area contributed by atoms with Crippen molar-refractivity contribution >= 4 is 0 Å². The molecule has 1 aromatic heterocycles. The molecule has 0 unspecified atom stereocenters. The first-order valence-electron chi connectivity index (χ1n) is 4.72. The number of nitrogens with zero attached hydrogens (tertiary/aromatic N) is 2. The van der Waals surface area contributed by atoms with Gasteiger partial charge in [-0.25, -0.2) is 9.37 Å². The van der Waals surface area contributed by atoms with Crippen molar-refractivity contribution in [1.29, 1.82) is 0 Å². The molecule has 0 atom stereocenters. The molecule has 2 aromatic rings. The zero-order valence-electron chi connectivity index (χ0n) is 8.31. The maximum Gasteiger partial charge on any atom is 0.143 e. The van der Waals surface area contributed by atoms with E-state index in [0.29, 0.717) is 11.4 Å². The van der Waals surface area contributed by atoms with Gasteiger partial charge in [-0.3, -0.25) is 0 Å². The van der Waals surface area contributed by atoms with Gasteiger partial charge in [0.25, 0.3) is 0 Å². The van der Waals surface area contributed by atoms with Crippen molar-refractivity contribution in [2.24, 2.45) is 0 Å². The zero-order chi connectivity index (χ0) is 10.8. The lowest BCUT2D eigenvalue weighted by molar-refractivity contribution is 0.474. The first-order valence-corrected chi connectivity index (χ1v) is 4.72. The summed E-state index contributed by atoms with van der Waals surface area (Å²) in [5.41, 5.74) is 0.418. The second-order valence-corrected chi connectivity index (χ2v) is 3.20. The summed E-state index contributed by atoms with van der Waals surface area (Å²) in [6.07, 6.45) is 3.42. The standard InChI is InChI=1S/C11H11FN2O/c1-2-14-6-5-13-11(14)9-7-8(12)3-4-10(9)15/h3-7,15H,2H2,1H3. The third-order valence-electron chi connectivity index (χ3n) is 2.26. The molecule has 0 bridgehead atoms. The highest BCUT2D eigenvalue weighted by atomic mass is 19.1. The fourth-order valence-corrected chi connectivity index (χ4v) is 1.50. The fourth-order valence-electron chi connectivity index (χ4n) is 1.50. The number of hydrogen-bond donors (Lipinski definition) is 1. The quantitative estimate of drug-likeness (QED) is 0.819. The molecule has 0 amide bonds. The van der Waals surface area contributed by atoms with E-state index in [4.69, 9.17) is 0 Å². The largest absolute Gasteiger partial charge is 0.507 e. The van der Waals surface area contributed by atoms with Crippen LogP contribution in [-0.2, 0) is 6.54 Å². The molecule has 15 heavy (non-hydrogen) atoms. The lowest BCUT2D eigenvalue weighted by Gasteiger charge is -2.06. The van der Waals surface area contributed by atoms with E-state index in [1.54, 1.807) is 12.4 Å². The van der Waals surface area contributed by atoms with Crippen molar-refractivity contribution in [1.82, 2.24) is 9.55 Å². The van der Waals surface area contributed by atoms with Crippen molar-refractivity contribution in [3.63, 3.8) is 0 Å². The Labute approximate surface area is 86.8 Å². The molecule has 0 saturated heterocycles. The van der Waals surface area contributed by atoms with E-state index in [1.165, 1.54) is 18.2 Å². The number of aromatic nitrogens is 2. The van der Waals surface area contributed by atoms with Crippen LogP contribution in [0, 0.1) is 5.82 Å². The van der Waals surface area contributed by atoms with E-state index in [0.717, 1.165) is 6.54 Å². The average Bonchev–Trinajstić information content (AvgIpc) is 2.69. The number of aromatic hydroxyl groups is 1. The molecule has 1 heterocycles. The highest BCUT2D eigenvalue weighted by Gasteiger charge is 2.10. The van der Waals surface area contributed by atoms with Gasteiger partial charge < -0.3 is 9.67 Å². The third kappa shape index (κ3) is 1.70. The summed E-state index contributed by atoms with van der Waals surface area (Å²) in [4.78, 5) is 4.10. The number of benzene rings is 1. The molecule has 0 radical (unpaired) electrons. The number of phenolic OH excluding ortho intramolecular Hbond substituents is 1. The molecule has 2 rings (SSSR count). The highest BCUT2D eigenvalue weighted by molar-refractivity contribution is 5.64. The van der Waals surface area contributed by atoms with Gasteiger partial charge in [-0.15, -0.1) is 0 Å². The minimum atomic E-state index is -0.381. The smallest absolute Gasteiger partial charge is 0.143 e. The number of phenols is 1. The number of aryl methyl sites for hydroxylation is 1. The van der Waals surface area contributed by atoms with Crippen LogP contribution in [0.3, 0.4) is 0 Å². The van der Waals surface area contributed by atoms with Crippen LogP contribution in [0.1, 0.15) is 6.92 Å². The second-order valence-electron chi connectivity index (χ2n) is 3.20. The Kier molecular flexibility index (Phi) is 2.41. The Morgan fingerprint density at radius 1 is 1.47 bits per heavy atom. The Morgan fingerprint density at radius 2 is 2.27 bits per heavy atom. The summed E-state index contributed by atoms with van der Waals surface area (Å²) < 4.78 is 14.9. The molecule has 4 heteroatoms. The van der Waals surface area contributed by atoms with Crippen LogP contribution < -0.4 is 0 Å². The van der Waals surface area contributed by atoms with Crippen molar-refractivity contribution in [2.45, 2.75) is 13.5 Å². The van der Waals surface area contributed by atoms with Gasteiger partial charge in [0.15, 0.2) is 0 Å². The van der Waals surface area contributed by atoms with Gasteiger partial charge in [-0.1, -0.05) is 0 Å². The van der Waals surface area contributed by atoms with E-state index >= 15 is 0 Å². The lowest BCUT2D eigenvalue weighted by atomic mass is 10.2. The second kappa shape index (κ2) is 3.73. The first kappa shape index (κ1) is 9.71. The topological polar surface area (TPSA) is 38.0 Å². The Balaban J connectivity index is 2.58. The van der Waals surface area contributed by atoms with Crippen molar-refractivity contribution in [3.05, 3.63) is 36.4 Å². The molecule has 3 nitrogen and oxygen atoms in total. The molecular formula is C11H11FN2O. The van der Waals surface area contributed by atoms with E-state index in [-0.39, 0.29) is 11.6 Å². The van der Waals surface area contributed by atoms with E-state index in [9.17, 15) is 9.50 Å². The van der Waals surface area contributed by atoms with E-state index in [1.807, 2.05) is 11.5 Å². The minimum absolute atomic E-state index is 0.0392. The summed E-state index contributed by atoms with van der Waals surface area (Å²) in [6.45, 7) is 2.69. The fraction of sp³-hybridized carbons (Fsp3) is 0.182. The molecular weight excluding hydrogens is 195 g/mol. The van der Waals surface area contributed by atoms with Crippen LogP contribution in [0.2, 0.25) is 0 Å². The minimum Gasteiger partial charge on any atom is -0.507 e.